The van der Waals surface area contributed by atoms with Crippen molar-refractivity contribution < 1.29 is 9.53 Å². The summed E-state index contributed by atoms with van der Waals surface area (Å²) < 4.78 is 6.96. The van der Waals surface area contributed by atoms with Crippen molar-refractivity contribution in [2.45, 2.75) is 5.16 Å². The van der Waals surface area contributed by atoms with E-state index in [0.717, 1.165) is 11.4 Å². The third kappa shape index (κ3) is 3.88. The average molecular weight is 347 g/mol. The molecule has 3 rings (SSSR count). The Labute approximate surface area is 140 Å². The van der Waals surface area contributed by atoms with Crippen LogP contribution in [0, 0.1) is 0 Å². The molecule has 7 nitrogen and oxygen atoms in total. The van der Waals surface area contributed by atoms with Crippen molar-refractivity contribution in [1.29, 1.82) is 0 Å². The van der Waals surface area contributed by atoms with Crippen molar-refractivity contribution in [2.75, 3.05) is 18.2 Å². The first kappa shape index (κ1) is 15.5. The van der Waals surface area contributed by atoms with Crippen LogP contribution in [0.1, 0.15) is 0 Å². The zero-order chi connectivity index (χ0) is 16.1. The molecule has 0 aliphatic carbocycles. The topological polar surface area (TPSA) is 81.9 Å². The highest BCUT2D eigenvalue weighted by Gasteiger charge is 2.11. The number of thiazole rings is 1. The predicted octanol–water partition coefficient (Wildman–Crippen LogP) is 2.46. The summed E-state index contributed by atoms with van der Waals surface area (Å²) in [5.74, 6) is 0.877. The minimum Gasteiger partial charge on any atom is -0.497 e. The number of nitrogens with one attached hydrogen (secondary N) is 1. The van der Waals surface area contributed by atoms with Crippen LogP contribution in [0.3, 0.4) is 0 Å². The smallest absolute Gasteiger partial charge is 0.236 e. The van der Waals surface area contributed by atoms with Gasteiger partial charge in [0.1, 0.15) is 12.1 Å². The molecule has 1 amide bonds. The number of aromatic nitrogens is 4. The van der Waals surface area contributed by atoms with Gasteiger partial charge in [-0.15, -0.1) is 21.5 Å². The molecule has 0 saturated heterocycles. The number of benzene rings is 1. The van der Waals surface area contributed by atoms with Gasteiger partial charge in [-0.1, -0.05) is 11.8 Å². The highest BCUT2D eigenvalue weighted by Crippen LogP contribution is 2.21. The Morgan fingerprint density at radius 2 is 2.22 bits per heavy atom. The van der Waals surface area contributed by atoms with E-state index in [0.29, 0.717) is 10.3 Å². The molecule has 23 heavy (non-hydrogen) atoms. The minimum absolute atomic E-state index is 0.130. The molecule has 0 atom stereocenters. The van der Waals surface area contributed by atoms with Crippen molar-refractivity contribution in [3.63, 3.8) is 0 Å². The zero-order valence-electron chi connectivity index (χ0n) is 12.2. The number of hydrogen-bond acceptors (Lipinski definition) is 7. The fraction of sp³-hybridized carbons (Fsp3) is 0.143. The fourth-order valence-corrected chi connectivity index (χ4v) is 3.09. The van der Waals surface area contributed by atoms with Crippen molar-refractivity contribution in [1.82, 2.24) is 19.7 Å². The van der Waals surface area contributed by atoms with Crippen molar-refractivity contribution in [3.05, 3.63) is 42.2 Å². The molecule has 0 radical (unpaired) electrons. The second-order valence-corrected chi connectivity index (χ2v) is 6.19. The molecule has 0 bridgehead atoms. The van der Waals surface area contributed by atoms with Gasteiger partial charge in [-0.3, -0.25) is 9.36 Å². The van der Waals surface area contributed by atoms with E-state index in [1.807, 2.05) is 34.2 Å². The number of carbonyl (C=O) groups excluding carboxylic acids is 1. The second kappa shape index (κ2) is 7.25. The number of amides is 1. The molecule has 0 saturated carbocycles. The normalized spacial score (nSPS) is 10.5. The number of anilines is 1. The summed E-state index contributed by atoms with van der Waals surface area (Å²) in [5, 5.41) is 13.7. The lowest BCUT2D eigenvalue weighted by molar-refractivity contribution is -0.113. The van der Waals surface area contributed by atoms with Crippen molar-refractivity contribution in [2.24, 2.45) is 0 Å². The number of hydrogen-bond donors (Lipinski definition) is 1. The van der Waals surface area contributed by atoms with E-state index in [1.54, 1.807) is 19.6 Å². The number of ether oxygens (including phenoxy) is 1. The molecule has 1 aromatic carbocycles. The van der Waals surface area contributed by atoms with Gasteiger partial charge >= 0.3 is 0 Å². The fourth-order valence-electron chi connectivity index (χ4n) is 1.81. The van der Waals surface area contributed by atoms with Gasteiger partial charge < -0.3 is 10.1 Å². The average Bonchev–Trinajstić information content (AvgIpc) is 3.24. The molecule has 1 N–H and O–H groups in total. The number of nitrogens with zero attached hydrogens (tertiary/aromatic N) is 4. The van der Waals surface area contributed by atoms with Crippen LogP contribution < -0.4 is 10.1 Å². The van der Waals surface area contributed by atoms with Gasteiger partial charge in [-0.2, -0.15) is 0 Å². The Bertz CT molecular complexity index is 771. The molecule has 9 heteroatoms. The molecular weight excluding hydrogens is 334 g/mol. The Morgan fingerprint density at radius 1 is 1.39 bits per heavy atom. The summed E-state index contributed by atoms with van der Waals surface area (Å²) in [4.78, 5) is 15.9. The van der Waals surface area contributed by atoms with Gasteiger partial charge in [0.25, 0.3) is 0 Å². The highest BCUT2D eigenvalue weighted by molar-refractivity contribution is 7.99. The van der Waals surface area contributed by atoms with E-state index in [1.165, 1.54) is 23.1 Å². The molecule has 0 spiro atoms. The summed E-state index contributed by atoms with van der Waals surface area (Å²) in [6.07, 6.45) is 3.26. The van der Waals surface area contributed by atoms with E-state index in [-0.39, 0.29) is 11.7 Å². The summed E-state index contributed by atoms with van der Waals surface area (Å²) in [6, 6.07) is 7.53. The SMILES string of the molecule is COc1ccc(-n2cnnc2SCC(=O)Nc2nccs2)cc1. The first-order valence-corrected chi connectivity index (χ1v) is 8.49. The zero-order valence-corrected chi connectivity index (χ0v) is 13.8. The molecule has 0 aliphatic rings. The first-order valence-electron chi connectivity index (χ1n) is 6.63. The van der Waals surface area contributed by atoms with E-state index in [2.05, 4.69) is 20.5 Å². The van der Waals surface area contributed by atoms with Gasteiger partial charge in [-0.05, 0) is 24.3 Å². The third-order valence-corrected chi connectivity index (χ3v) is 4.51. The van der Waals surface area contributed by atoms with Crippen molar-refractivity contribution >= 4 is 34.1 Å². The van der Waals surface area contributed by atoms with Gasteiger partial charge in [0.2, 0.25) is 5.91 Å². The molecule has 0 aliphatic heterocycles. The largest absolute Gasteiger partial charge is 0.497 e. The standard InChI is InChI=1S/C14H13N5O2S2/c1-21-11-4-2-10(3-5-11)19-9-16-18-14(19)23-8-12(20)17-13-15-6-7-22-13/h2-7,9H,8H2,1H3,(H,15,17,20). The van der Waals surface area contributed by atoms with Crippen LogP contribution in [0.15, 0.2) is 47.3 Å². The second-order valence-electron chi connectivity index (χ2n) is 4.36. The number of rotatable bonds is 6. The molecular formula is C14H13N5O2S2. The summed E-state index contributed by atoms with van der Waals surface area (Å²) in [5.41, 5.74) is 0.902. The summed E-state index contributed by atoms with van der Waals surface area (Å²) >= 11 is 2.69. The van der Waals surface area contributed by atoms with Crippen LogP contribution in [0.2, 0.25) is 0 Å². The predicted molar refractivity (Wildman–Crippen MR) is 89.4 cm³/mol. The van der Waals surface area contributed by atoms with Crippen LogP contribution in [0.5, 0.6) is 5.75 Å². The molecule has 0 fully saturated rings. The highest BCUT2D eigenvalue weighted by atomic mass is 32.2. The van der Waals surface area contributed by atoms with Crippen LogP contribution in [-0.4, -0.2) is 38.5 Å². The third-order valence-electron chi connectivity index (χ3n) is 2.88. The summed E-state index contributed by atoms with van der Waals surface area (Å²) in [7, 11) is 1.62. The Morgan fingerprint density at radius 3 is 2.91 bits per heavy atom. The Balaban J connectivity index is 1.65. The molecule has 118 valence electrons. The van der Waals surface area contributed by atoms with Crippen LogP contribution in [-0.2, 0) is 4.79 Å². The van der Waals surface area contributed by atoms with E-state index >= 15 is 0 Å². The van der Waals surface area contributed by atoms with Gasteiger partial charge in [0, 0.05) is 17.3 Å². The van der Waals surface area contributed by atoms with Crippen LogP contribution >= 0.6 is 23.1 Å². The number of methoxy groups -OCH3 is 1. The molecule has 2 heterocycles. The quantitative estimate of drug-likeness (QED) is 0.690. The van der Waals surface area contributed by atoms with Crippen LogP contribution in [0.25, 0.3) is 5.69 Å². The van der Waals surface area contributed by atoms with E-state index in [4.69, 9.17) is 4.74 Å². The van der Waals surface area contributed by atoms with E-state index in [9.17, 15) is 4.79 Å². The lowest BCUT2D eigenvalue weighted by Gasteiger charge is -2.07. The van der Waals surface area contributed by atoms with Gasteiger partial charge in [-0.25, -0.2) is 4.98 Å². The molecule has 3 aromatic rings. The van der Waals surface area contributed by atoms with E-state index < -0.39 is 0 Å². The molecule has 0 unspecified atom stereocenters. The lowest BCUT2D eigenvalue weighted by atomic mass is 10.3. The number of carbonyl (C=O) groups is 1. The molecule has 2 aromatic heterocycles. The number of thioether (sulfide) groups is 1. The summed E-state index contributed by atoms with van der Waals surface area (Å²) in [6.45, 7) is 0. The maximum Gasteiger partial charge on any atom is 0.236 e. The maximum absolute atomic E-state index is 11.9. The Hall–Kier alpha value is -2.39. The van der Waals surface area contributed by atoms with Gasteiger partial charge in [0.05, 0.1) is 12.9 Å². The van der Waals surface area contributed by atoms with Crippen molar-refractivity contribution in [3.8, 4) is 11.4 Å². The first-order chi connectivity index (χ1) is 11.3. The lowest BCUT2D eigenvalue weighted by Crippen LogP contribution is -2.14. The monoisotopic (exact) mass is 347 g/mol. The Kier molecular flexibility index (Phi) is 4.89. The van der Waals surface area contributed by atoms with Gasteiger partial charge in [0.15, 0.2) is 10.3 Å². The van der Waals surface area contributed by atoms with Crippen LogP contribution in [0.4, 0.5) is 5.13 Å². The maximum atomic E-state index is 11.9. The minimum atomic E-state index is -0.130.